The first-order valence-corrected chi connectivity index (χ1v) is 10.2. The summed E-state index contributed by atoms with van der Waals surface area (Å²) in [5.74, 6) is -0.505. The number of methoxy groups -OCH3 is 3. The number of para-hydroxylation sites is 1. The second-order valence-corrected chi connectivity index (χ2v) is 7.01. The predicted octanol–water partition coefficient (Wildman–Crippen LogP) is 3.90. The Morgan fingerprint density at radius 3 is 2.09 bits per heavy atom. The van der Waals surface area contributed by atoms with Crippen LogP contribution in [0.1, 0.15) is 26.3 Å². The topological polar surface area (TPSA) is 103 Å². The molecule has 0 aliphatic rings. The number of benzene rings is 3. The van der Waals surface area contributed by atoms with Crippen LogP contribution in [0.4, 0.5) is 5.69 Å². The Labute approximate surface area is 197 Å². The maximum Gasteiger partial charge on any atom is 0.337 e. The molecule has 8 heteroatoms. The largest absolute Gasteiger partial charge is 0.497 e. The molecule has 8 nitrogen and oxygen atoms in total. The van der Waals surface area contributed by atoms with Crippen molar-refractivity contribution in [3.05, 3.63) is 95.2 Å². The van der Waals surface area contributed by atoms with Gasteiger partial charge in [-0.15, -0.1) is 0 Å². The number of carbonyl (C=O) groups excluding carboxylic acids is 3. The van der Waals surface area contributed by atoms with Gasteiger partial charge in [-0.05, 0) is 60.2 Å². The second kappa shape index (κ2) is 11.3. The molecule has 0 atom stereocenters. The highest BCUT2D eigenvalue weighted by Crippen LogP contribution is 2.19. The van der Waals surface area contributed by atoms with E-state index in [2.05, 4.69) is 15.4 Å². The van der Waals surface area contributed by atoms with Crippen molar-refractivity contribution in [3.63, 3.8) is 0 Å². The minimum absolute atomic E-state index is 0.0121. The van der Waals surface area contributed by atoms with Gasteiger partial charge in [-0.25, -0.2) is 4.79 Å². The smallest absolute Gasteiger partial charge is 0.337 e. The molecule has 174 valence electrons. The summed E-state index contributed by atoms with van der Waals surface area (Å²) in [5.41, 5.74) is 1.75. The molecule has 2 N–H and O–H groups in total. The van der Waals surface area contributed by atoms with Crippen LogP contribution in [0.15, 0.2) is 78.5 Å². The molecular formula is C26H24N2O6. The zero-order valence-corrected chi connectivity index (χ0v) is 19.0. The van der Waals surface area contributed by atoms with Gasteiger partial charge in [-0.3, -0.25) is 9.59 Å². The fourth-order valence-corrected chi connectivity index (χ4v) is 3.05. The lowest BCUT2D eigenvalue weighted by molar-refractivity contribution is -0.113. The molecule has 3 aromatic carbocycles. The van der Waals surface area contributed by atoms with Crippen LogP contribution in [-0.4, -0.2) is 39.1 Å². The van der Waals surface area contributed by atoms with Crippen LogP contribution in [0.25, 0.3) is 6.08 Å². The standard InChI is InChI=1S/C26H24N2O6/c1-32-20-14-8-17(9-15-20)16-22(28-24(29)21-6-4-5-7-23(21)33-2)25(30)27-19-12-10-18(11-13-19)26(31)34-3/h4-16H,1-3H3,(H,27,30)(H,28,29). The molecule has 3 rings (SSSR count). The molecule has 2 amide bonds. The van der Waals surface area contributed by atoms with E-state index in [1.54, 1.807) is 73.8 Å². The normalized spacial score (nSPS) is 10.7. The molecule has 0 radical (unpaired) electrons. The quantitative estimate of drug-likeness (QED) is 0.390. The highest BCUT2D eigenvalue weighted by Gasteiger charge is 2.18. The molecule has 0 bridgehead atoms. The van der Waals surface area contributed by atoms with Gasteiger partial charge in [0.05, 0.1) is 32.5 Å². The van der Waals surface area contributed by atoms with Gasteiger partial charge in [0.25, 0.3) is 11.8 Å². The van der Waals surface area contributed by atoms with E-state index >= 15 is 0 Å². The average Bonchev–Trinajstić information content (AvgIpc) is 2.88. The van der Waals surface area contributed by atoms with Gasteiger partial charge in [0.2, 0.25) is 0 Å². The van der Waals surface area contributed by atoms with Crippen molar-refractivity contribution >= 4 is 29.5 Å². The summed E-state index contributed by atoms with van der Waals surface area (Å²) >= 11 is 0. The molecule has 34 heavy (non-hydrogen) atoms. The van der Waals surface area contributed by atoms with Crippen molar-refractivity contribution in [2.45, 2.75) is 0 Å². The maximum absolute atomic E-state index is 13.1. The van der Waals surface area contributed by atoms with E-state index in [1.165, 1.54) is 26.4 Å². The lowest BCUT2D eigenvalue weighted by Gasteiger charge is -2.13. The van der Waals surface area contributed by atoms with Crippen molar-refractivity contribution in [2.75, 3.05) is 26.6 Å². The number of rotatable bonds is 8. The van der Waals surface area contributed by atoms with Gasteiger partial charge < -0.3 is 24.8 Å². The van der Waals surface area contributed by atoms with Crippen LogP contribution < -0.4 is 20.1 Å². The number of hydrogen-bond acceptors (Lipinski definition) is 6. The van der Waals surface area contributed by atoms with Crippen LogP contribution >= 0.6 is 0 Å². The first kappa shape index (κ1) is 24.1. The third-order valence-corrected chi connectivity index (χ3v) is 4.84. The number of hydrogen-bond donors (Lipinski definition) is 2. The van der Waals surface area contributed by atoms with E-state index in [9.17, 15) is 14.4 Å². The lowest BCUT2D eigenvalue weighted by atomic mass is 10.1. The zero-order valence-electron chi connectivity index (χ0n) is 19.0. The Morgan fingerprint density at radius 1 is 0.794 bits per heavy atom. The van der Waals surface area contributed by atoms with Crippen LogP contribution in [0, 0.1) is 0 Å². The number of amides is 2. The van der Waals surface area contributed by atoms with Crippen LogP contribution in [0.2, 0.25) is 0 Å². The Kier molecular flexibility index (Phi) is 8.02. The highest BCUT2D eigenvalue weighted by molar-refractivity contribution is 6.11. The fourth-order valence-electron chi connectivity index (χ4n) is 3.05. The molecule has 0 aromatic heterocycles. The van der Waals surface area contributed by atoms with Crippen LogP contribution in [-0.2, 0) is 9.53 Å². The molecule has 0 saturated heterocycles. The summed E-state index contributed by atoms with van der Waals surface area (Å²) in [5, 5.41) is 5.39. The van der Waals surface area contributed by atoms with Gasteiger partial charge in [0, 0.05) is 5.69 Å². The molecule has 0 aliphatic carbocycles. The van der Waals surface area contributed by atoms with E-state index in [1.807, 2.05) is 0 Å². The summed E-state index contributed by atoms with van der Waals surface area (Å²) in [6.07, 6.45) is 1.55. The van der Waals surface area contributed by atoms with E-state index in [0.29, 0.717) is 28.3 Å². The van der Waals surface area contributed by atoms with E-state index in [0.717, 1.165) is 0 Å². The Balaban J connectivity index is 1.88. The number of nitrogens with one attached hydrogen (secondary N) is 2. The van der Waals surface area contributed by atoms with Gasteiger partial charge in [-0.1, -0.05) is 24.3 Å². The summed E-state index contributed by atoms with van der Waals surface area (Å²) in [4.78, 5) is 37.7. The average molecular weight is 460 g/mol. The van der Waals surface area contributed by atoms with Crippen molar-refractivity contribution in [1.29, 1.82) is 0 Å². The van der Waals surface area contributed by atoms with Crippen molar-refractivity contribution in [1.82, 2.24) is 5.32 Å². The Morgan fingerprint density at radius 2 is 1.47 bits per heavy atom. The lowest BCUT2D eigenvalue weighted by Crippen LogP contribution is -2.31. The summed E-state index contributed by atoms with van der Waals surface area (Å²) in [6, 6.07) is 19.9. The minimum Gasteiger partial charge on any atom is -0.497 e. The SMILES string of the molecule is COC(=O)c1ccc(NC(=O)C(=Cc2ccc(OC)cc2)NC(=O)c2ccccc2OC)cc1. The zero-order chi connectivity index (χ0) is 24.5. The van der Waals surface area contributed by atoms with Gasteiger partial charge in [0.1, 0.15) is 17.2 Å². The Hall–Kier alpha value is -4.59. The predicted molar refractivity (Wildman–Crippen MR) is 128 cm³/mol. The molecule has 3 aromatic rings. The van der Waals surface area contributed by atoms with E-state index in [4.69, 9.17) is 9.47 Å². The van der Waals surface area contributed by atoms with E-state index in [-0.39, 0.29) is 11.3 Å². The third-order valence-electron chi connectivity index (χ3n) is 4.84. The van der Waals surface area contributed by atoms with Gasteiger partial charge in [0.15, 0.2) is 0 Å². The van der Waals surface area contributed by atoms with Gasteiger partial charge in [-0.2, -0.15) is 0 Å². The summed E-state index contributed by atoms with van der Waals surface area (Å²) < 4.78 is 15.1. The van der Waals surface area contributed by atoms with Crippen LogP contribution in [0.5, 0.6) is 11.5 Å². The van der Waals surface area contributed by atoms with Crippen molar-refractivity contribution in [2.24, 2.45) is 0 Å². The van der Waals surface area contributed by atoms with Gasteiger partial charge >= 0.3 is 5.97 Å². The summed E-state index contributed by atoms with van der Waals surface area (Å²) in [7, 11) is 4.31. The number of anilines is 1. The highest BCUT2D eigenvalue weighted by atomic mass is 16.5. The maximum atomic E-state index is 13.1. The number of ether oxygens (including phenoxy) is 3. The molecule has 0 heterocycles. The summed E-state index contributed by atoms with van der Waals surface area (Å²) in [6.45, 7) is 0. The minimum atomic E-state index is -0.551. The molecule has 0 unspecified atom stereocenters. The number of esters is 1. The van der Waals surface area contributed by atoms with Crippen molar-refractivity contribution < 1.29 is 28.6 Å². The van der Waals surface area contributed by atoms with E-state index < -0.39 is 17.8 Å². The molecule has 0 aliphatic heterocycles. The monoisotopic (exact) mass is 460 g/mol. The third kappa shape index (κ3) is 6.01. The fraction of sp³-hybridized carbons (Fsp3) is 0.115. The second-order valence-electron chi connectivity index (χ2n) is 7.01. The molecule has 0 spiro atoms. The number of carbonyl (C=O) groups is 3. The molecular weight excluding hydrogens is 436 g/mol. The first-order chi connectivity index (χ1) is 16.4. The first-order valence-electron chi connectivity index (χ1n) is 10.2. The molecule has 0 saturated carbocycles. The Bertz CT molecular complexity index is 1200. The van der Waals surface area contributed by atoms with Crippen molar-refractivity contribution in [3.8, 4) is 11.5 Å². The van der Waals surface area contributed by atoms with Crippen LogP contribution in [0.3, 0.4) is 0 Å². The molecule has 0 fully saturated rings.